The van der Waals surface area contributed by atoms with E-state index in [1.165, 1.54) is 25.0 Å². The molecule has 0 amide bonds. The molecule has 10 heavy (non-hydrogen) atoms. The molecule has 0 N–H and O–H groups in total. The van der Waals surface area contributed by atoms with E-state index in [9.17, 15) is 0 Å². The van der Waals surface area contributed by atoms with Gasteiger partial charge in [-0.3, -0.25) is 0 Å². The van der Waals surface area contributed by atoms with Gasteiger partial charge in [0.25, 0.3) is 0 Å². The molecule has 0 aromatic carbocycles. The van der Waals surface area contributed by atoms with Crippen molar-refractivity contribution in [3.8, 4) is 0 Å². The highest BCUT2D eigenvalue weighted by Gasteiger charge is 2.15. The lowest BCUT2D eigenvalue weighted by Crippen LogP contribution is -2.16. The van der Waals surface area contributed by atoms with Crippen LogP contribution in [-0.2, 0) is 4.84 Å². The molecule has 0 saturated heterocycles. The maximum absolute atomic E-state index is 4.74. The Hall–Kier alpha value is -0.530. The van der Waals surface area contributed by atoms with E-state index in [0.29, 0.717) is 5.92 Å². The number of hydrogen-bond donors (Lipinski definition) is 0. The monoisotopic (exact) mass is 141 g/mol. The SMILES string of the molecule is CO/N=C1/CCCC[C@H]1C. The molecule has 0 unspecified atom stereocenters. The van der Waals surface area contributed by atoms with Crippen molar-refractivity contribution in [2.75, 3.05) is 7.11 Å². The van der Waals surface area contributed by atoms with Crippen LogP contribution in [0.2, 0.25) is 0 Å². The molecule has 0 heterocycles. The molecule has 1 rings (SSSR count). The van der Waals surface area contributed by atoms with E-state index in [4.69, 9.17) is 4.84 Å². The van der Waals surface area contributed by atoms with Gasteiger partial charge in [-0.25, -0.2) is 0 Å². The Morgan fingerprint density at radius 3 is 2.90 bits per heavy atom. The fraction of sp³-hybridized carbons (Fsp3) is 0.875. The van der Waals surface area contributed by atoms with Gasteiger partial charge in [0, 0.05) is 0 Å². The minimum atomic E-state index is 0.647. The summed E-state index contributed by atoms with van der Waals surface area (Å²) < 4.78 is 0. The molecular formula is C8H15NO. The Balaban J connectivity index is 2.47. The Labute approximate surface area is 62.3 Å². The summed E-state index contributed by atoms with van der Waals surface area (Å²) >= 11 is 0. The molecule has 58 valence electrons. The summed E-state index contributed by atoms with van der Waals surface area (Å²) in [7, 11) is 1.62. The van der Waals surface area contributed by atoms with E-state index in [1.54, 1.807) is 7.11 Å². The second kappa shape index (κ2) is 3.59. The summed E-state index contributed by atoms with van der Waals surface area (Å²) in [6.07, 6.45) is 5.05. The highest BCUT2D eigenvalue weighted by molar-refractivity contribution is 5.86. The van der Waals surface area contributed by atoms with Crippen LogP contribution in [0.5, 0.6) is 0 Å². The Morgan fingerprint density at radius 1 is 1.50 bits per heavy atom. The summed E-state index contributed by atoms with van der Waals surface area (Å²) in [5.74, 6) is 0.647. The molecule has 0 radical (unpaired) electrons. The summed E-state index contributed by atoms with van der Waals surface area (Å²) in [6.45, 7) is 2.22. The van der Waals surface area contributed by atoms with Gasteiger partial charge in [0.1, 0.15) is 7.11 Å². The Bertz CT molecular complexity index is 131. The van der Waals surface area contributed by atoms with Crippen molar-refractivity contribution in [1.82, 2.24) is 0 Å². The topological polar surface area (TPSA) is 21.6 Å². The molecule has 0 aliphatic heterocycles. The van der Waals surface area contributed by atoms with Crippen molar-refractivity contribution < 1.29 is 4.84 Å². The summed E-state index contributed by atoms with van der Waals surface area (Å²) in [4.78, 5) is 4.74. The lowest BCUT2D eigenvalue weighted by Gasteiger charge is -2.18. The molecular weight excluding hydrogens is 126 g/mol. The zero-order chi connectivity index (χ0) is 7.40. The van der Waals surface area contributed by atoms with Crippen LogP contribution in [0.1, 0.15) is 32.6 Å². The first kappa shape index (κ1) is 7.58. The molecule has 0 bridgehead atoms. The minimum Gasteiger partial charge on any atom is -0.399 e. The highest BCUT2D eigenvalue weighted by Crippen LogP contribution is 2.20. The van der Waals surface area contributed by atoms with Crippen molar-refractivity contribution in [3.63, 3.8) is 0 Å². The second-order valence-electron chi connectivity index (χ2n) is 2.91. The number of rotatable bonds is 1. The molecule has 2 nitrogen and oxygen atoms in total. The highest BCUT2D eigenvalue weighted by atomic mass is 16.6. The van der Waals surface area contributed by atoms with Gasteiger partial charge in [0.2, 0.25) is 0 Å². The standard InChI is InChI=1S/C8H15NO/c1-7-5-3-4-6-8(7)9-10-2/h7H,3-6H2,1-2H3/b9-8-/t7-/m1/s1. The lowest BCUT2D eigenvalue weighted by atomic mass is 9.89. The van der Waals surface area contributed by atoms with E-state index in [1.807, 2.05) is 0 Å². The lowest BCUT2D eigenvalue weighted by molar-refractivity contribution is 0.209. The van der Waals surface area contributed by atoms with Gasteiger partial charge in [-0.05, 0) is 25.2 Å². The molecule has 0 aromatic rings. The third kappa shape index (κ3) is 1.72. The molecule has 2 heteroatoms. The summed E-state index contributed by atoms with van der Waals surface area (Å²) in [5.41, 5.74) is 1.24. The van der Waals surface area contributed by atoms with Crippen LogP contribution in [0.3, 0.4) is 0 Å². The molecule has 1 saturated carbocycles. The maximum Gasteiger partial charge on any atom is 0.106 e. The van der Waals surface area contributed by atoms with Crippen LogP contribution in [0.4, 0.5) is 0 Å². The van der Waals surface area contributed by atoms with E-state index in [0.717, 1.165) is 6.42 Å². The van der Waals surface area contributed by atoms with Gasteiger partial charge >= 0.3 is 0 Å². The van der Waals surface area contributed by atoms with E-state index >= 15 is 0 Å². The third-order valence-electron chi connectivity index (χ3n) is 2.10. The van der Waals surface area contributed by atoms with Gasteiger partial charge in [0.05, 0.1) is 5.71 Å². The van der Waals surface area contributed by atoms with Gasteiger partial charge in [-0.2, -0.15) is 0 Å². The number of nitrogens with zero attached hydrogens (tertiary/aromatic N) is 1. The van der Waals surface area contributed by atoms with Crippen LogP contribution in [-0.4, -0.2) is 12.8 Å². The van der Waals surface area contributed by atoms with Gasteiger partial charge < -0.3 is 4.84 Å². The van der Waals surface area contributed by atoms with Crippen molar-refractivity contribution in [1.29, 1.82) is 0 Å². The first-order valence-corrected chi connectivity index (χ1v) is 3.94. The van der Waals surface area contributed by atoms with Crippen molar-refractivity contribution in [2.45, 2.75) is 32.6 Å². The van der Waals surface area contributed by atoms with Crippen LogP contribution < -0.4 is 0 Å². The molecule has 1 fully saturated rings. The zero-order valence-electron chi connectivity index (χ0n) is 6.76. The summed E-state index contributed by atoms with van der Waals surface area (Å²) in [5, 5.41) is 3.98. The van der Waals surface area contributed by atoms with Crippen molar-refractivity contribution >= 4 is 5.71 Å². The Morgan fingerprint density at radius 2 is 2.30 bits per heavy atom. The molecule has 0 aromatic heterocycles. The first-order chi connectivity index (χ1) is 4.84. The van der Waals surface area contributed by atoms with Crippen LogP contribution in [0.15, 0.2) is 5.16 Å². The zero-order valence-corrected chi connectivity index (χ0v) is 6.76. The molecule has 1 aliphatic carbocycles. The van der Waals surface area contributed by atoms with E-state index in [2.05, 4.69) is 12.1 Å². The van der Waals surface area contributed by atoms with Gasteiger partial charge in [-0.1, -0.05) is 18.5 Å². The normalized spacial score (nSPS) is 30.6. The predicted octanol–water partition coefficient (Wildman–Crippen LogP) is 2.20. The molecule has 1 atom stereocenters. The maximum atomic E-state index is 4.74. The number of oxime groups is 1. The first-order valence-electron chi connectivity index (χ1n) is 3.94. The van der Waals surface area contributed by atoms with E-state index in [-0.39, 0.29) is 0 Å². The second-order valence-corrected chi connectivity index (χ2v) is 2.91. The third-order valence-corrected chi connectivity index (χ3v) is 2.10. The summed E-state index contributed by atoms with van der Waals surface area (Å²) in [6, 6.07) is 0. The van der Waals surface area contributed by atoms with Gasteiger partial charge in [0.15, 0.2) is 0 Å². The predicted molar refractivity (Wildman–Crippen MR) is 42.1 cm³/mol. The average Bonchev–Trinajstić information content (AvgIpc) is 1.94. The van der Waals surface area contributed by atoms with Crippen molar-refractivity contribution in [2.24, 2.45) is 11.1 Å². The van der Waals surface area contributed by atoms with Crippen molar-refractivity contribution in [3.05, 3.63) is 0 Å². The van der Waals surface area contributed by atoms with Crippen LogP contribution in [0.25, 0.3) is 0 Å². The van der Waals surface area contributed by atoms with Gasteiger partial charge in [-0.15, -0.1) is 0 Å². The minimum absolute atomic E-state index is 0.647. The quantitative estimate of drug-likeness (QED) is 0.513. The fourth-order valence-corrected chi connectivity index (χ4v) is 1.42. The molecule has 1 aliphatic rings. The van der Waals surface area contributed by atoms with Crippen LogP contribution in [0, 0.1) is 5.92 Å². The Kier molecular flexibility index (Phi) is 2.72. The largest absolute Gasteiger partial charge is 0.399 e. The molecule has 0 spiro atoms. The number of hydrogen-bond acceptors (Lipinski definition) is 2. The smallest absolute Gasteiger partial charge is 0.106 e. The van der Waals surface area contributed by atoms with E-state index < -0.39 is 0 Å². The van der Waals surface area contributed by atoms with Crippen LogP contribution >= 0.6 is 0 Å². The fourth-order valence-electron chi connectivity index (χ4n) is 1.42. The average molecular weight is 141 g/mol.